The molecular weight excluding hydrogens is 469 g/mol. The van der Waals surface area contributed by atoms with Gasteiger partial charge in [0.2, 0.25) is 5.91 Å². The third kappa shape index (κ3) is 6.67. The predicted molar refractivity (Wildman–Crippen MR) is 123 cm³/mol. The quantitative estimate of drug-likeness (QED) is 0.286. The van der Waals surface area contributed by atoms with Crippen molar-refractivity contribution in [3.63, 3.8) is 0 Å². The average Bonchev–Trinajstić information content (AvgIpc) is 3.25. The Balaban J connectivity index is 1.64. The highest BCUT2D eigenvalue weighted by atomic mass is 32.1. The largest absolute Gasteiger partial charge is 0.494 e. The first-order valence-corrected chi connectivity index (χ1v) is 11.1. The van der Waals surface area contributed by atoms with Crippen LogP contribution in [0.5, 0.6) is 5.75 Å². The fourth-order valence-corrected chi connectivity index (χ4v) is 3.78. The van der Waals surface area contributed by atoms with Gasteiger partial charge in [-0.05, 0) is 48.9 Å². The number of alkyl halides is 3. The summed E-state index contributed by atoms with van der Waals surface area (Å²) in [5.41, 5.74) is 0.315. The van der Waals surface area contributed by atoms with E-state index >= 15 is 0 Å². The summed E-state index contributed by atoms with van der Waals surface area (Å²) in [6.07, 6.45) is -1.68. The Morgan fingerprint density at radius 2 is 1.88 bits per heavy atom. The molecule has 0 saturated heterocycles. The molecule has 1 amide bonds. The summed E-state index contributed by atoms with van der Waals surface area (Å²) in [4.78, 5) is 29.5. The van der Waals surface area contributed by atoms with E-state index in [1.54, 1.807) is 35.7 Å². The second kappa shape index (κ2) is 11.0. The smallest absolute Gasteiger partial charge is 0.416 e. The summed E-state index contributed by atoms with van der Waals surface area (Å²) in [5, 5.41) is 1.74. The molecule has 3 aromatic rings. The van der Waals surface area contributed by atoms with Gasteiger partial charge in [-0.1, -0.05) is 18.2 Å². The molecule has 0 saturated carbocycles. The van der Waals surface area contributed by atoms with Crippen molar-refractivity contribution >= 4 is 40.1 Å². The summed E-state index contributed by atoms with van der Waals surface area (Å²) in [7, 11) is 0. The number of hydrogen-bond acceptors (Lipinski definition) is 6. The number of halogens is 3. The number of nitrogens with zero attached hydrogens (tertiary/aromatic N) is 2. The molecule has 10 heteroatoms. The number of carbonyl (C=O) groups excluding carboxylic acids is 2. The number of anilines is 2. The van der Waals surface area contributed by atoms with Crippen LogP contribution in [0, 0.1) is 0 Å². The Morgan fingerprint density at radius 3 is 2.53 bits per heavy atom. The van der Waals surface area contributed by atoms with Gasteiger partial charge in [0.1, 0.15) is 12.4 Å². The third-order valence-corrected chi connectivity index (χ3v) is 5.32. The van der Waals surface area contributed by atoms with Crippen LogP contribution in [0.25, 0.3) is 6.08 Å². The number of amides is 1. The van der Waals surface area contributed by atoms with Crippen LogP contribution >= 0.6 is 11.3 Å². The average molecular weight is 491 g/mol. The standard InChI is InChI=1S/C24H21F3N2O4S/c1-3-32-21-10-7-17(8-11-21)9-12-22(31)33-14-19-15-34-23(28-19)29(16(2)30)20-6-4-5-18(13-20)24(25,26)27/h4-13,15H,3,14H2,1-2H3/b12-9+. The lowest BCUT2D eigenvalue weighted by Gasteiger charge is -2.19. The minimum atomic E-state index is -4.54. The van der Waals surface area contributed by atoms with Crippen LogP contribution in [0.1, 0.15) is 30.7 Å². The van der Waals surface area contributed by atoms with Crippen LogP contribution in [0.3, 0.4) is 0 Å². The van der Waals surface area contributed by atoms with Crippen molar-refractivity contribution in [2.24, 2.45) is 0 Å². The lowest BCUT2D eigenvalue weighted by molar-refractivity contribution is -0.139. The van der Waals surface area contributed by atoms with Gasteiger partial charge >= 0.3 is 12.1 Å². The first kappa shape index (κ1) is 25.0. The Labute approximate surface area is 198 Å². The van der Waals surface area contributed by atoms with E-state index in [0.717, 1.165) is 39.7 Å². The lowest BCUT2D eigenvalue weighted by Crippen LogP contribution is -2.23. The second-order valence-electron chi connectivity index (χ2n) is 6.97. The van der Waals surface area contributed by atoms with Crippen LogP contribution in [0.2, 0.25) is 0 Å². The zero-order chi connectivity index (χ0) is 24.7. The number of ether oxygens (including phenoxy) is 2. The normalized spacial score (nSPS) is 11.4. The van der Waals surface area contributed by atoms with Gasteiger partial charge in [-0.15, -0.1) is 11.3 Å². The number of esters is 1. The van der Waals surface area contributed by atoms with Gasteiger partial charge in [0.15, 0.2) is 5.13 Å². The Bertz CT molecular complexity index is 1170. The molecule has 0 unspecified atom stereocenters. The van der Waals surface area contributed by atoms with Crippen LogP contribution in [0.15, 0.2) is 60.0 Å². The molecule has 0 radical (unpaired) electrons. The number of hydrogen-bond donors (Lipinski definition) is 0. The van der Waals surface area contributed by atoms with E-state index in [4.69, 9.17) is 9.47 Å². The molecule has 0 aliphatic heterocycles. The molecule has 0 aliphatic rings. The van der Waals surface area contributed by atoms with Crippen molar-refractivity contribution in [2.45, 2.75) is 26.6 Å². The number of carbonyl (C=O) groups is 2. The van der Waals surface area contributed by atoms with Crippen molar-refractivity contribution in [1.82, 2.24) is 4.98 Å². The monoisotopic (exact) mass is 490 g/mol. The van der Waals surface area contributed by atoms with Crippen LogP contribution in [-0.4, -0.2) is 23.5 Å². The molecule has 0 atom stereocenters. The molecule has 2 aromatic carbocycles. The Kier molecular flexibility index (Phi) is 8.06. The van der Waals surface area contributed by atoms with Gasteiger partial charge in [-0.25, -0.2) is 9.78 Å². The number of rotatable bonds is 8. The first-order valence-electron chi connectivity index (χ1n) is 10.2. The minimum Gasteiger partial charge on any atom is -0.494 e. The van der Waals surface area contributed by atoms with Gasteiger partial charge in [0.25, 0.3) is 0 Å². The molecule has 34 heavy (non-hydrogen) atoms. The van der Waals surface area contributed by atoms with E-state index in [9.17, 15) is 22.8 Å². The van der Waals surface area contributed by atoms with Crippen LogP contribution < -0.4 is 9.64 Å². The first-order chi connectivity index (χ1) is 16.2. The lowest BCUT2D eigenvalue weighted by atomic mass is 10.2. The Hall–Kier alpha value is -3.66. The van der Waals surface area contributed by atoms with Crippen molar-refractivity contribution in [1.29, 1.82) is 0 Å². The maximum atomic E-state index is 13.1. The molecule has 1 aromatic heterocycles. The van der Waals surface area contributed by atoms with E-state index in [0.29, 0.717) is 12.3 Å². The molecular formula is C24H21F3N2O4S. The summed E-state index contributed by atoms with van der Waals surface area (Å²) in [6.45, 7) is 3.52. The van der Waals surface area contributed by atoms with Crippen molar-refractivity contribution in [3.8, 4) is 5.75 Å². The Morgan fingerprint density at radius 1 is 1.15 bits per heavy atom. The maximum absolute atomic E-state index is 13.1. The van der Waals surface area contributed by atoms with E-state index < -0.39 is 23.6 Å². The fourth-order valence-electron chi connectivity index (χ4n) is 2.91. The number of aromatic nitrogens is 1. The number of thiazole rings is 1. The SMILES string of the molecule is CCOc1ccc(/C=C/C(=O)OCc2csc(N(C(C)=O)c3cccc(C(F)(F)F)c3)n2)cc1. The topological polar surface area (TPSA) is 68.7 Å². The molecule has 0 bridgehead atoms. The maximum Gasteiger partial charge on any atom is 0.416 e. The van der Waals surface area contributed by atoms with E-state index in [1.807, 2.05) is 6.92 Å². The van der Waals surface area contributed by atoms with Crippen LogP contribution in [0.4, 0.5) is 24.0 Å². The van der Waals surface area contributed by atoms with Gasteiger partial charge in [-0.3, -0.25) is 9.69 Å². The zero-order valence-electron chi connectivity index (χ0n) is 18.3. The molecule has 0 fully saturated rings. The number of benzene rings is 2. The highest BCUT2D eigenvalue weighted by molar-refractivity contribution is 7.14. The second-order valence-corrected chi connectivity index (χ2v) is 7.80. The van der Waals surface area contributed by atoms with Crippen molar-refractivity contribution < 1.29 is 32.2 Å². The van der Waals surface area contributed by atoms with Crippen molar-refractivity contribution in [3.05, 3.63) is 76.8 Å². The van der Waals surface area contributed by atoms with Gasteiger partial charge in [0, 0.05) is 18.4 Å². The molecule has 1 heterocycles. The summed E-state index contributed by atoms with van der Waals surface area (Å²) in [5.74, 6) is -0.369. The van der Waals surface area contributed by atoms with E-state index in [1.165, 1.54) is 25.1 Å². The van der Waals surface area contributed by atoms with Gasteiger partial charge < -0.3 is 9.47 Å². The van der Waals surface area contributed by atoms with Gasteiger partial charge in [-0.2, -0.15) is 13.2 Å². The minimum absolute atomic E-state index is 0.0403. The zero-order valence-corrected chi connectivity index (χ0v) is 19.2. The molecule has 0 spiro atoms. The summed E-state index contributed by atoms with van der Waals surface area (Å²) < 4.78 is 49.7. The summed E-state index contributed by atoms with van der Waals surface area (Å²) in [6, 6.07) is 11.6. The molecule has 0 aliphatic carbocycles. The predicted octanol–water partition coefficient (Wildman–Crippen LogP) is 6.00. The van der Waals surface area contributed by atoms with Crippen LogP contribution in [-0.2, 0) is 27.1 Å². The molecule has 0 N–H and O–H groups in total. The van der Waals surface area contributed by atoms with Crippen molar-refractivity contribution in [2.75, 3.05) is 11.5 Å². The van der Waals surface area contributed by atoms with Gasteiger partial charge in [0.05, 0.1) is 23.6 Å². The highest BCUT2D eigenvalue weighted by Crippen LogP contribution is 2.35. The summed E-state index contributed by atoms with van der Waals surface area (Å²) >= 11 is 1.05. The molecule has 6 nitrogen and oxygen atoms in total. The molecule has 3 rings (SSSR count). The fraction of sp³-hybridized carbons (Fsp3) is 0.208. The third-order valence-electron chi connectivity index (χ3n) is 4.44. The van der Waals surface area contributed by atoms with E-state index in [-0.39, 0.29) is 17.4 Å². The molecule has 178 valence electrons. The highest BCUT2D eigenvalue weighted by Gasteiger charge is 2.31. The van der Waals surface area contributed by atoms with E-state index in [2.05, 4.69) is 4.98 Å².